The number of rotatable bonds is 5. The molecule has 0 aromatic heterocycles. The maximum absolute atomic E-state index is 11.0. The molecule has 0 radical (unpaired) electrons. The Morgan fingerprint density at radius 2 is 2.38 bits per heavy atom. The highest BCUT2D eigenvalue weighted by Gasteiger charge is 2.12. The van der Waals surface area contributed by atoms with Crippen molar-refractivity contribution in [1.82, 2.24) is 0 Å². The summed E-state index contributed by atoms with van der Waals surface area (Å²) in [5.74, 6) is 0.101. The summed E-state index contributed by atoms with van der Waals surface area (Å²) in [7, 11) is 1.39. The molecule has 0 saturated carbocycles. The van der Waals surface area contributed by atoms with Crippen molar-refractivity contribution < 1.29 is 9.53 Å². The molecule has 3 nitrogen and oxygen atoms in total. The first kappa shape index (κ1) is 13.5. The van der Waals surface area contributed by atoms with E-state index in [-0.39, 0.29) is 11.2 Å². The number of carbonyl (C=O) groups excluding carboxylic acids is 1. The second-order valence-electron chi connectivity index (χ2n) is 3.17. The largest absolute Gasteiger partial charge is 0.468 e. The van der Waals surface area contributed by atoms with Crippen LogP contribution >= 0.6 is 27.7 Å². The van der Waals surface area contributed by atoms with E-state index < -0.39 is 0 Å². The Morgan fingerprint density at radius 1 is 1.62 bits per heavy atom. The molecule has 0 aliphatic rings. The SMILES string of the molecule is COC(=O)CSC(CN)c1cccc(Br)c1. The van der Waals surface area contributed by atoms with Crippen molar-refractivity contribution in [3.8, 4) is 0 Å². The third-order valence-corrected chi connectivity index (χ3v) is 3.83. The fourth-order valence-electron chi connectivity index (χ4n) is 1.23. The van der Waals surface area contributed by atoms with Crippen molar-refractivity contribution in [2.24, 2.45) is 5.73 Å². The fraction of sp³-hybridized carbons (Fsp3) is 0.364. The van der Waals surface area contributed by atoms with Crippen molar-refractivity contribution in [3.63, 3.8) is 0 Å². The molecule has 1 rings (SSSR count). The number of hydrogen-bond donors (Lipinski definition) is 1. The Balaban J connectivity index is 2.64. The molecule has 88 valence electrons. The molecular formula is C11H14BrNO2S. The third-order valence-electron chi connectivity index (χ3n) is 2.06. The van der Waals surface area contributed by atoms with E-state index in [1.165, 1.54) is 18.9 Å². The maximum Gasteiger partial charge on any atom is 0.315 e. The van der Waals surface area contributed by atoms with Crippen molar-refractivity contribution in [3.05, 3.63) is 34.3 Å². The van der Waals surface area contributed by atoms with Crippen LogP contribution in [0.15, 0.2) is 28.7 Å². The van der Waals surface area contributed by atoms with Crippen LogP contribution in [0.3, 0.4) is 0 Å². The van der Waals surface area contributed by atoms with Gasteiger partial charge >= 0.3 is 5.97 Å². The second-order valence-corrected chi connectivity index (χ2v) is 5.27. The van der Waals surface area contributed by atoms with E-state index in [1.54, 1.807) is 0 Å². The minimum absolute atomic E-state index is 0.122. The predicted octanol–water partition coefficient (Wildman–Crippen LogP) is 2.36. The zero-order valence-corrected chi connectivity index (χ0v) is 11.4. The molecule has 0 bridgehead atoms. The number of carbonyl (C=O) groups is 1. The number of esters is 1. The molecule has 0 spiro atoms. The average Bonchev–Trinajstić information content (AvgIpc) is 2.29. The van der Waals surface area contributed by atoms with Gasteiger partial charge in [-0.05, 0) is 17.7 Å². The first-order valence-corrected chi connectivity index (χ1v) is 6.65. The van der Waals surface area contributed by atoms with Crippen molar-refractivity contribution in [2.75, 3.05) is 19.4 Å². The van der Waals surface area contributed by atoms with Gasteiger partial charge in [-0.15, -0.1) is 11.8 Å². The van der Waals surface area contributed by atoms with E-state index in [0.29, 0.717) is 12.3 Å². The minimum Gasteiger partial charge on any atom is -0.468 e. The fourth-order valence-corrected chi connectivity index (χ4v) is 2.58. The van der Waals surface area contributed by atoms with E-state index in [1.807, 2.05) is 24.3 Å². The van der Waals surface area contributed by atoms with E-state index in [9.17, 15) is 4.79 Å². The van der Waals surface area contributed by atoms with Crippen molar-refractivity contribution in [2.45, 2.75) is 5.25 Å². The molecule has 16 heavy (non-hydrogen) atoms. The molecule has 0 saturated heterocycles. The van der Waals surface area contributed by atoms with Gasteiger partial charge in [0.15, 0.2) is 0 Å². The van der Waals surface area contributed by atoms with E-state index >= 15 is 0 Å². The molecule has 0 amide bonds. The number of nitrogens with two attached hydrogens (primary N) is 1. The summed E-state index contributed by atoms with van der Waals surface area (Å²) < 4.78 is 5.61. The number of halogens is 1. The van der Waals surface area contributed by atoms with Crippen LogP contribution in [0.4, 0.5) is 0 Å². The zero-order chi connectivity index (χ0) is 12.0. The van der Waals surface area contributed by atoms with Gasteiger partial charge in [0.1, 0.15) is 0 Å². The smallest absolute Gasteiger partial charge is 0.315 e. The first-order chi connectivity index (χ1) is 7.67. The Morgan fingerprint density at radius 3 is 2.94 bits per heavy atom. The van der Waals surface area contributed by atoms with Crippen LogP contribution in [0.5, 0.6) is 0 Å². The molecule has 1 aromatic carbocycles. The number of benzene rings is 1. The van der Waals surface area contributed by atoms with Crippen molar-refractivity contribution in [1.29, 1.82) is 0 Å². The lowest BCUT2D eigenvalue weighted by molar-refractivity contribution is -0.137. The average molecular weight is 304 g/mol. The second kappa shape index (κ2) is 6.93. The molecule has 2 N–H and O–H groups in total. The molecule has 1 aromatic rings. The summed E-state index contributed by atoms with van der Waals surface area (Å²) in [6.45, 7) is 0.498. The molecule has 1 unspecified atom stereocenters. The summed E-state index contributed by atoms with van der Waals surface area (Å²) >= 11 is 4.91. The predicted molar refractivity (Wildman–Crippen MR) is 70.4 cm³/mol. The lowest BCUT2D eigenvalue weighted by Crippen LogP contribution is -2.13. The van der Waals surface area contributed by atoms with Gasteiger partial charge in [-0.25, -0.2) is 0 Å². The van der Waals surface area contributed by atoms with Crippen LogP contribution in [0.2, 0.25) is 0 Å². The summed E-state index contributed by atoms with van der Waals surface area (Å²) in [6, 6.07) is 7.94. The van der Waals surface area contributed by atoms with Gasteiger partial charge in [-0.3, -0.25) is 4.79 Å². The Labute approximate surface area is 108 Å². The third kappa shape index (κ3) is 4.15. The monoisotopic (exact) mass is 303 g/mol. The molecule has 0 heterocycles. The van der Waals surface area contributed by atoms with E-state index in [2.05, 4.69) is 20.7 Å². The van der Waals surface area contributed by atoms with Gasteiger partial charge < -0.3 is 10.5 Å². The van der Waals surface area contributed by atoms with Crippen LogP contribution < -0.4 is 5.73 Å². The van der Waals surface area contributed by atoms with Gasteiger partial charge in [0.2, 0.25) is 0 Å². The lowest BCUT2D eigenvalue weighted by Gasteiger charge is -2.14. The molecule has 0 fully saturated rings. The Bertz CT molecular complexity index is 360. The number of methoxy groups -OCH3 is 1. The molecule has 0 aliphatic heterocycles. The van der Waals surface area contributed by atoms with Crippen molar-refractivity contribution >= 4 is 33.7 Å². The minimum atomic E-state index is -0.224. The van der Waals surface area contributed by atoms with Gasteiger partial charge in [-0.1, -0.05) is 28.1 Å². The summed E-state index contributed by atoms with van der Waals surface area (Å²) in [5.41, 5.74) is 6.81. The highest BCUT2D eigenvalue weighted by Crippen LogP contribution is 2.29. The van der Waals surface area contributed by atoms with Crippen LogP contribution in [-0.4, -0.2) is 25.4 Å². The summed E-state index contributed by atoms with van der Waals surface area (Å²) in [6.07, 6.45) is 0. The lowest BCUT2D eigenvalue weighted by atomic mass is 10.1. The molecular weight excluding hydrogens is 290 g/mol. The van der Waals surface area contributed by atoms with Crippen LogP contribution in [0.1, 0.15) is 10.8 Å². The number of ether oxygens (including phenoxy) is 1. The standard InChI is InChI=1S/C11H14BrNO2S/c1-15-11(14)7-16-10(6-13)8-3-2-4-9(12)5-8/h2-5,10H,6-7,13H2,1H3. The van der Waals surface area contributed by atoms with E-state index in [0.717, 1.165) is 10.0 Å². The highest BCUT2D eigenvalue weighted by atomic mass is 79.9. The van der Waals surface area contributed by atoms with Gasteiger partial charge in [0, 0.05) is 16.3 Å². The Kier molecular flexibility index (Phi) is 5.87. The van der Waals surface area contributed by atoms with Crippen LogP contribution in [0.25, 0.3) is 0 Å². The van der Waals surface area contributed by atoms with Gasteiger partial charge in [-0.2, -0.15) is 0 Å². The van der Waals surface area contributed by atoms with Gasteiger partial charge in [0.25, 0.3) is 0 Å². The summed E-state index contributed by atoms with van der Waals surface area (Å²) in [5, 5.41) is 0.122. The topological polar surface area (TPSA) is 52.3 Å². The quantitative estimate of drug-likeness (QED) is 0.849. The molecule has 0 aliphatic carbocycles. The normalized spacial score (nSPS) is 12.2. The van der Waals surface area contributed by atoms with Crippen LogP contribution in [0, 0.1) is 0 Å². The number of thioether (sulfide) groups is 1. The zero-order valence-electron chi connectivity index (χ0n) is 8.98. The molecule has 1 atom stereocenters. The highest BCUT2D eigenvalue weighted by molar-refractivity contribution is 9.10. The Hall–Kier alpha value is -0.520. The summed E-state index contributed by atoms with van der Waals surface area (Å²) in [4.78, 5) is 11.0. The maximum atomic E-state index is 11.0. The molecule has 5 heteroatoms. The van der Waals surface area contributed by atoms with Gasteiger partial charge in [0.05, 0.1) is 12.9 Å². The number of hydrogen-bond acceptors (Lipinski definition) is 4. The van der Waals surface area contributed by atoms with E-state index in [4.69, 9.17) is 5.73 Å². The van der Waals surface area contributed by atoms with Crippen LogP contribution in [-0.2, 0) is 9.53 Å². The first-order valence-electron chi connectivity index (χ1n) is 4.81.